The normalized spacial score (nSPS) is 10.9. The van der Waals surface area contributed by atoms with Gasteiger partial charge in [0.1, 0.15) is 5.75 Å². The standard InChI is InChI=1S/C19H23N5O2/c1-5-7-14-11(3)20-19(23-17(14)25)24-18-21-12(4)15-10-13(26-6-2)8-9-16(15)22-18/h8-10H,5-7H2,1-4H3,(H2,20,21,22,23,24,25). The summed E-state index contributed by atoms with van der Waals surface area (Å²) in [6.07, 6.45) is 1.61. The van der Waals surface area contributed by atoms with E-state index >= 15 is 0 Å². The second-order valence-corrected chi connectivity index (χ2v) is 6.10. The third-order valence-electron chi connectivity index (χ3n) is 4.12. The number of rotatable bonds is 6. The van der Waals surface area contributed by atoms with Crippen LogP contribution in [0.3, 0.4) is 0 Å². The van der Waals surface area contributed by atoms with Gasteiger partial charge in [0, 0.05) is 16.6 Å². The number of nitrogens with one attached hydrogen (secondary N) is 2. The highest BCUT2D eigenvalue weighted by atomic mass is 16.5. The number of fused-ring (bicyclic) bond motifs is 1. The van der Waals surface area contributed by atoms with Crippen LogP contribution in [0.4, 0.5) is 11.9 Å². The first-order chi connectivity index (χ1) is 12.5. The molecule has 3 rings (SSSR count). The molecule has 0 aliphatic carbocycles. The van der Waals surface area contributed by atoms with Gasteiger partial charge in [-0.15, -0.1) is 0 Å². The smallest absolute Gasteiger partial charge is 0.255 e. The minimum Gasteiger partial charge on any atom is -0.494 e. The molecule has 2 heterocycles. The first-order valence-corrected chi connectivity index (χ1v) is 8.79. The summed E-state index contributed by atoms with van der Waals surface area (Å²) in [6.45, 7) is 8.34. The van der Waals surface area contributed by atoms with Gasteiger partial charge in [0.15, 0.2) is 0 Å². The second-order valence-electron chi connectivity index (χ2n) is 6.10. The number of anilines is 2. The number of hydrogen-bond donors (Lipinski definition) is 2. The highest BCUT2D eigenvalue weighted by molar-refractivity contribution is 5.83. The van der Waals surface area contributed by atoms with Crippen molar-refractivity contribution < 1.29 is 4.74 Å². The fourth-order valence-corrected chi connectivity index (χ4v) is 2.89. The van der Waals surface area contributed by atoms with Gasteiger partial charge >= 0.3 is 0 Å². The molecule has 7 heteroatoms. The summed E-state index contributed by atoms with van der Waals surface area (Å²) < 4.78 is 5.53. The summed E-state index contributed by atoms with van der Waals surface area (Å²) in [5.74, 6) is 1.53. The van der Waals surface area contributed by atoms with Crippen molar-refractivity contribution in [2.75, 3.05) is 11.9 Å². The number of benzene rings is 1. The van der Waals surface area contributed by atoms with Gasteiger partial charge in [-0.1, -0.05) is 13.3 Å². The maximum absolute atomic E-state index is 12.2. The van der Waals surface area contributed by atoms with Crippen LogP contribution >= 0.6 is 0 Å². The van der Waals surface area contributed by atoms with Gasteiger partial charge in [0.05, 0.1) is 17.8 Å². The van der Waals surface area contributed by atoms with Gasteiger partial charge < -0.3 is 4.74 Å². The van der Waals surface area contributed by atoms with E-state index in [2.05, 4.69) is 25.3 Å². The molecule has 1 aromatic carbocycles. The number of aryl methyl sites for hydroxylation is 2. The number of aromatic nitrogens is 4. The third-order valence-corrected chi connectivity index (χ3v) is 4.12. The Morgan fingerprint density at radius 2 is 1.92 bits per heavy atom. The fourth-order valence-electron chi connectivity index (χ4n) is 2.89. The Balaban J connectivity index is 1.94. The van der Waals surface area contributed by atoms with E-state index < -0.39 is 0 Å². The van der Waals surface area contributed by atoms with Crippen LogP contribution in [0.25, 0.3) is 10.9 Å². The Bertz CT molecular complexity index is 997. The van der Waals surface area contributed by atoms with Crippen LogP contribution in [0.15, 0.2) is 23.0 Å². The molecule has 0 bridgehead atoms. The van der Waals surface area contributed by atoms with Crippen LogP contribution in [0.5, 0.6) is 5.75 Å². The maximum atomic E-state index is 12.2. The number of aromatic amines is 1. The van der Waals surface area contributed by atoms with Crippen LogP contribution in [0.1, 0.15) is 37.2 Å². The minimum atomic E-state index is -0.124. The Morgan fingerprint density at radius 3 is 2.62 bits per heavy atom. The Morgan fingerprint density at radius 1 is 1.12 bits per heavy atom. The lowest BCUT2D eigenvalue weighted by atomic mass is 10.1. The molecule has 7 nitrogen and oxygen atoms in total. The molecule has 2 aromatic heterocycles. The lowest BCUT2D eigenvalue weighted by molar-refractivity contribution is 0.340. The zero-order valence-corrected chi connectivity index (χ0v) is 15.5. The Hall–Kier alpha value is -2.96. The molecule has 0 fully saturated rings. The monoisotopic (exact) mass is 353 g/mol. The molecule has 0 aliphatic heterocycles. The molecule has 3 aromatic rings. The van der Waals surface area contributed by atoms with Gasteiger partial charge in [0.2, 0.25) is 11.9 Å². The van der Waals surface area contributed by atoms with Crippen molar-refractivity contribution in [3.63, 3.8) is 0 Å². The summed E-state index contributed by atoms with van der Waals surface area (Å²) in [5, 5.41) is 3.94. The van der Waals surface area contributed by atoms with E-state index in [-0.39, 0.29) is 5.56 Å². The van der Waals surface area contributed by atoms with Gasteiger partial charge in [-0.25, -0.2) is 15.0 Å². The van der Waals surface area contributed by atoms with E-state index in [9.17, 15) is 4.79 Å². The van der Waals surface area contributed by atoms with Crippen molar-refractivity contribution in [1.82, 2.24) is 19.9 Å². The molecular weight excluding hydrogens is 330 g/mol. The first kappa shape index (κ1) is 17.8. The molecule has 0 aliphatic rings. The minimum absolute atomic E-state index is 0.124. The first-order valence-electron chi connectivity index (χ1n) is 8.79. The molecule has 0 saturated carbocycles. The van der Waals surface area contributed by atoms with E-state index in [0.717, 1.165) is 40.0 Å². The third kappa shape index (κ3) is 3.66. The summed E-state index contributed by atoms with van der Waals surface area (Å²) in [7, 11) is 0. The van der Waals surface area contributed by atoms with Crippen molar-refractivity contribution in [1.29, 1.82) is 0 Å². The fraction of sp³-hybridized carbons (Fsp3) is 0.368. The average Bonchev–Trinajstić information content (AvgIpc) is 2.59. The lowest BCUT2D eigenvalue weighted by Gasteiger charge is -2.10. The Kier molecular flexibility index (Phi) is 5.16. The van der Waals surface area contributed by atoms with Crippen molar-refractivity contribution in [2.45, 2.75) is 40.5 Å². The van der Waals surface area contributed by atoms with Gasteiger partial charge in [-0.05, 0) is 45.4 Å². The zero-order chi connectivity index (χ0) is 18.7. The summed E-state index contributed by atoms with van der Waals surface area (Å²) >= 11 is 0. The van der Waals surface area contributed by atoms with Crippen LogP contribution in [-0.4, -0.2) is 26.5 Å². The molecule has 2 N–H and O–H groups in total. The van der Waals surface area contributed by atoms with Gasteiger partial charge in [-0.2, -0.15) is 0 Å². The van der Waals surface area contributed by atoms with Crippen molar-refractivity contribution in [2.24, 2.45) is 0 Å². The maximum Gasteiger partial charge on any atom is 0.255 e. The predicted molar refractivity (Wildman–Crippen MR) is 102 cm³/mol. The highest BCUT2D eigenvalue weighted by Gasteiger charge is 2.10. The Labute approximate surface area is 151 Å². The van der Waals surface area contributed by atoms with Crippen LogP contribution in [0.2, 0.25) is 0 Å². The zero-order valence-electron chi connectivity index (χ0n) is 15.5. The molecule has 0 unspecified atom stereocenters. The highest BCUT2D eigenvalue weighted by Crippen LogP contribution is 2.23. The summed E-state index contributed by atoms with van der Waals surface area (Å²) in [6, 6.07) is 5.71. The van der Waals surface area contributed by atoms with E-state index in [0.29, 0.717) is 24.9 Å². The molecular formula is C19H23N5O2. The lowest BCUT2D eigenvalue weighted by Crippen LogP contribution is -2.18. The number of hydrogen-bond acceptors (Lipinski definition) is 6. The SMILES string of the molecule is CCCc1c(C)nc(Nc2nc(C)c3cc(OCC)ccc3n2)[nH]c1=O. The second kappa shape index (κ2) is 7.51. The van der Waals surface area contributed by atoms with Gasteiger partial charge in [-0.3, -0.25) is 15.1 Å². The number of ether oxygens (including phenoxy) is 1. The van der Waals surface area contributed by atoms with E-state index in [1.807, 2.05) is 45.9 Å². The largest absolute Gasteiger partial charge is 0.494 e. The number of H-pyrrole nitrogens is 1. The van der Waals surface area contributed by atoms with Crippen molar-refractivity contribution in [3.8, 4) is 5.75 Å². The molecule has 26 heavy (non-hydrogen) atoms. The van der Waals surface area contributed by atoms with Crippen molar-refractivity contribution in [3.05, 3.63) is 45.5 Å². The van der Waals surface area contributed by atoms with Crippen LogP contribution in [0, 0.1) is 13.8 Å². The molecule has 0 radical (unpaired) electrons. The molecule has 0 amide bonds. The predicted octanol–water partition coefficient (Wildman–Crippen LogP) is 3.42. The summed E-state index contributed by atoms with van der Waals surface area (Å²) in [5.41, 5.74) is 2.93. The van der Waals surface area contributed by atoms with Gasteiger partial charge in [0.25, 0.3) is 5.56 Å². The average molecular weight is 353 g/mol. The summed E-state index contributed by atoms with van der Waals surface area (Å²) in [4.78, 5) is 28.4. The number of nitrogens with zero attached hydrogens (tertiary/aromatic N) is 3. The van der Waals surface area contributed by atoms with E-state index in [4.69, 9.17) is 4.74 Å². The quantitative estimate of drug-likeness (QED) is 0.705. The molecule has 0 saturated heterocycles. The topological polar surface area (TPSA) is 92.8 Å². The van der Waals surface area contributed by atoms with E-state index in [1.54, 1.807) is 0 Å². The van der Waals surface area contributed by atoms with Crippen molar-refractivity contribution >= 4 is 22.8 Å². The van der Waals surface area contributed by atoms with Crippen LogP contribution in [-0.2, 0) is 6.42 Å². The molecule has 0 atom stereocenters. The molecule has 136 valence electrons. The van der Waals surface area contributed by atoms with E-state index in [1.165, 1.54) is 0 Å². The van der Waals surface area contributed by atoms with Crippen LogP contribution < -0.4 is 15.6 Å². The molecule has 0 spiro atoms.